The van der Waals surface area contributed by atoms with Crippen LogP contribution in [0.5, 0.6) is 0 Å². The SMILES string of the molecule is NC(=S)c1cc(F)ccc1NC(=O)CC1CCCCO1. The Balaban J connectivity index is 2.01. The van der Waals surface area contributed by atoms with Crippen molar-refractivity contribution in [1.29, 1.82) is 0 Å². The van der Waals surface area contributed by atoms with Gasteiger partial charge >= 0.3 is 0 Å². The van der Waals surface area contributed by atoms with Crippen molar-refractivity contribution in [3.8, 4) is 0 Å². The predicted molar refractivity (Wildman–Crippen MR) is 79.1 cm³/mol. The number of amides is 1. The number of carbonyl (C=O) groups excluding carboxylic acids is 1. The van der Waals surface area contributed by atoms with Gasteiger partial charge in [-0.2, -0.15) is 0 Å². The summed E-state index contributed by atoms with van der Waals surface area (Å²) < 4.78 is 18.7. The summed E-state index contributed by atoms with van der Waals surface area (Å²) in [4.78, 5) is 12.0. The molecule has 2 rings (SSSR count). The number of hydrogen-bond donors (Lipinski definition) is 2. The number of rotatable bonds is 4. The van der Waals surface area contributed by atoms with E-state index in [-0.39, 0.29) is 23.4 Å². The standard InChI is InChI=1S/C14H17FN2O2S/c15-9-4-5-12(11(7-9)14(16)20)17-13(18)8-10-3-1-2-6-19-10/h4-5,7,10H,1-3,6,8H2,(H2,16,20)(H,17,18). The van der Waals surface area contributed by atoms with E-state index in [4.69, 9.17) is 22.7 Å². The Morgan fingerprint density at radius 3 is 2.95 bits per heavy atom. The van der Waals surface area contributed by atoms with Crippen molar-refractivity contribution in [1.82, 2.24) is 0 Å². The molecule has 0 aliphatic carbocycles. The highest BCUT2D eigenvalue weighted by Crippen LogP contribution is 2.19. The van der Waals surface area contributed by atoms with Gasteiger partial charge in [0.2, 0.25) is 5.91 Å². The molecule has 108 valence electrons. The van der Waals surface area contributed by atoms with Crippen LogP contribution >= 0.6 is 12.2 Å². The second-order valence-corrected chi connectivity index (χ2v) is 5.23. The monoisotopic (exact) mass is 296 g/mol. The smallest absolute Gasteiger partial charge is 0.227 e. The lowest BCUT2D eigenvalue weighted by Gasteiger charge is -2.22. The molecule has 4 nitrogen and oxygen atoms in total. The third-order valence-corrected chi connectivity index (χ3v) is 3.43. The average molecular weight is 296 g/mol. The maximum atomic E-state index is 13.2. The fourth-order valence-corrected chi connectivity index (χ4v) is 2.37. The van der Waals surface area contributed by atoms with Crippen LogP contribution in [0.2, 0.25) is 0 Å². The van der Waals surface area contributed by atoms with Crippen molar-refractivity contribution in [2.45, 2.75) is 31.8 Å². The third kappa shape index (κ3) is 3.98. The molecule has 1 atom stereocenters. The van der Waals surface area contributed by atoms with Crippen molar-refractivity contribution in [2.75, 3.05) is 11.9 Å². The Labute approximate surface area is 122 Å². The Morgan fingerprint density at radius 1 is 1.50 bits per heavy atom. The van der Waals surface area contributed by atoms with E-state index in [2.05, 4.69) is 5.32 Å². The second-order valence-electron chi connectivity index (χ2n) is 4.80. The molecule has 20 heavy (non-hydrogen) atoms. The van der Waals surface area contributed by atoms with E-state index in [1.54, 1.807) is 0 Å². The van der Waals surface area contributed by atoms with Crippen LogP contribution in [-0.2, 0) is 9.53 Å². The van der Waals surface area contributed by atoms with Crippen LogP contribution in [0, 0.1) is 5.82 Å². The molecule has 1 saturated heterocycles. The van der Waals surface area contributed by atoms with Gasteiger partial charge in [0.1, 0.15) is 10.8 Å². The van der Waals surface area contributed by atoms with Gasteiger partial charge in [0.05, 0.1) is 18.2 Å². The second kappa shape index (κ2) is 6.76. The van der Waals surface area contributed by atoms with Crippen LogP contribution in [0.15, 0.2) is 18.2 Å². The van der Waals surface area contributed by atoms with Crippen LogP contribution in [0.1, 0.15) is 31.2 Å². The predicted octanol–water partition coefficient (Wildman–Crippen LogP) is 2.36. The molecule has 6 heteroatoms. The molecule has 1 aromatic carbocycles. The molecule has 1 unspecified atom stereocenters. The molecule has 0 saturated carbocycles. The first kappa shape index (κ1) is 14.9. The van der Waals surface area contributed by atoms with Gasteiger partial charge in [0, 0.05) is 12.2 Å². The molecule has 0 aromatic heterocycles. The van der Waals surface area contributed by atoms with Crippen LogP contribution < -0.4 is 11.1 Å². The Morgan fingerprint density at radius 2 is 2.30 bits per heavy atom. The van der Waals surface area contributed by atoms with E-state index in [0.717, 1.165) is 19.3 Å². The lowest BCUT2D eigenvalue weighted by molar-refractivity contribution is -0.119. The number of hydrogen-bond acceptors (Lipinski definition) is 3. The van der Waals surface area contributed by atoms with Crippen molar-refractivity contribution in [3.05, 3.63) is 29.6 Å². The summed E-state index contributed by atoms with van der Waals surface area (Å²) in [6.45, 7) is 0.701. The number of anilines is 1. The number of carbonyl (C=O) groups is 1. The fraction of sp³-hybridized carbons (Fsp3) is 0.429. The zero-order chi connectivity index (χ0) is 14.5. The summed E-state index contributed by atoms with van der Waals surface area (Å²) in [6.07, 6.45) is 3.25. The van der Waals surface area contributed by atoms with Gasteiger partial charge < -0.3 is 15.8 Å². The summed E-state index contributed by atoms with van der Waals surface area (Å²) in [7, 11) is 0. The van der Waals surface area contributed by atoms with E-state index in [9.17, 15) is 9.18 Å². The maximum absolute atomic E-state index is 13.2. The number of halogens is 1. The largest absolute Gasteiger partial charge is 0.389 e. The molecule has 1 aromatic rings. The van der Waals surface area contributed by atoms with Crippen molar-refractivity contribution < 1.29 is 13.9 Å². The molecule has 1 aliphatic heterocycles. The molecule has 1 fully saturated rings. The zero-order valence-corrected chi connectivity index (χ0v) is 11.8. The fourth-order valence-electron chi connectivity index (χ4n) is 2.21. The minimum atomic E-state index is -0.443. The first-order chi connectivity index (χ1) is 9.56. The quantitative estimate of drug-likeness (QED) is 0.837. The molecular formula is C14H17FN2O2S. The van der Waals surface area contributed by atoms with Gasteiger partial charge in [0.25, 0.3) is 0 Å². The van der Waals surface area contributed by atoms with Gasteiger partial charge in [-0.1, -0.05) is 12.2 Å². The first-order valence-corrected chi connectivity index (χ1v) is 6.98. The van der Waals surface area contributed by atoms with Crippen LogP contribution in [0.4, 0.5) is 10.1 Å². The molecule has 3 N–H and O–H groups in total. The molecule has 1 aliphatic rings. The summed E-state index contributed by atoms with van der Waals surface area (Å²) in [5.41, 5.74) is 6.29. The number of ether oxygens (including phenoxy) is 1. The maximum Gasteiger partial charge on any atom is 0.227 e. The first-order valence-electron chi connectivity index (χ1n) is 6.57. The van der Waals surface area contributed by atoms with Crippen molar-refractivity contribution >= 4 is 28.8 Å². The summed E-state index contributed by atoms with van der Waals surface area (Å²) >= 11 is 4.86. The molecule has 0 radical (unpaired) electrons. The van der Waals surface area contributed by atoms with E-state index in [0.29, 0.717) is 17.9 Å². The minimum absolute atomic E-state index is 0.0440. The lowest BCUT2D eigenvalue weighted by atomic mass is 10.1. The minimum Gasteiger partial charge on any atom is -0.389 e. The van der Waals surface area contributed by atoms with Crippen LogP contribution in [0.3, 0.4) is 0 Å². The van der Waals surface area contributed by atoms with Crippen LogP contribution in [0.25, 0.3) is 0 Å². The number of nitrogens with two attached hydrogens (primary N) is 1. The lowest BCUT2D eigenvalue weighted by Crippen LogP contribution is -2.26. The van der Waals surface area contributed by atoms with Gasteiger partial charge in [-0.15, -0.1) is 0 Å². The van der Waals surface area contributed by atoms with E-state index < -0.39 is 5.82 Å². The topological polar surface area (TPSA) is 64.3 Å². The Bertz CT molecular complexity index is 516. The van der Waals surface area contributed by atoms with Gasteiger partial charge in [-0.3, -0.25) is 4.79 Å². The highest BCUT2D eigenvalue weighted by molar-refractivity contribution is 7.80. The molecular weight excluding hydrogens is 279 g/mol. The van der Waals surface area contributed by atoms with Gasteiger partial charge in [0.15, 0.2) is 0 Å². The Hall–Kier alpha value is -1.53. The molecule has 0 spiro atoms. The van der Waals surface area contributed by atoms with Gasteiger partial charge in [-0.25, -0.2) is 4.39 Å². The normalized spacial score (nSPS) is 18.6. The van der Waals surface area contributed by atoms with E-state index in [1.165, 1.54) is 18.2 Å². The van der Waals surface area contributed by atoms with Crippen molar-refractivity contribution in [2.24, 2.45) is 5.73 Å². The van der Waals surface area contributed by atoms with Crippen molar-refractivity contribution in [3.63, 3.8) is 0 Å². The molecule has 1 heterocycles. The molecule has 1 amide bonds. The number of benzene rings is 1. The Kier molecular flexibility index (Phi) is 5.03. The number of thiocarbonyl (C=S) groups is 1. The number of nitrogens with one attached hydrogen (secondary N) is 1. The summed E-state index contributed by atoms with van der Waals surface area (Å²) in [5.74, 6) is -0.623. The summed E-state index contributed by atoms with van der Waals surface area (Å²) in [5, 5.41) is 2.71. The third-order valence-electron chi connectivity index (χ3n) is 3.21. The van der Waals surface area contributed by atoms with Crippen LogP contribution in [-0.4, -0.2) is 23.6 Å². The molecule has 0 bridgehead atoms. The van der Waals surface area contributed by atoms with Gasteiger partial charge in [-0.05, 0) is 37.5 Å². The summed E-state index contributed by atoms with van der Waals surface area (Å²) in [6, 6.07) is 3.94. The average Bonchev–Trinajstić information content (AvgIpc) is 2.41. The zero-order valence-electron chi connectivity index (χ0n) is 11.0. The van der Waals surface area contributed by atoms with E-state index in [1.807, 2.05) is 0 Å². The highest BCUT2D eigenvalue weighted by Gasteiger charge is 2.18. The van der Waals surface area contributed by atoms with E-state index >= 15 is 0 Å². The highest BCUT2D eigenvalue weighted by atomic mass is 32.1.